The summed E-state index contributed by atoms with van der Waals surface area (Å²) in [5, 5.41) is 3.43. The van der Waals surface area contributed by atoms with Gasteiger partial charge < -0.3 is 15.0 Å². The van der Waals surface area contributed by atoms with Gasteiger partial charge in [0.15, 0.2) is 0 Å². The van der Waals surface area contributed by atoms with E-state index in [1.54, 1.807) is 6.92 Å². The summed E-state index contributed by atoms with van der Waals surface area (Å²) in [4.78, 5) is 26.8. The van der Waals surface area contributed by atoms with Crippen LogP contribution in [0.2, 0.25) is 0 Å². The van der Waals surface area contributed by atoms with Crippen LogP contribution in [0.25, 0.3) is 0 Å². The van der Waals surface area contributed by atoms with Crippen LogP contribution in [-0.4, -0.2) is 37.5 Å². The third-order valence-electron chi connectivity index (χ3n) is 3.21. The average Bonchev–Trinajstić information content (AvgIpc) is 2.74. The summed E-state index contributed by atoms with van der Waals surface area (Å²) in [5.74, 6) is -0.453. The predicted molar refractivity (Wildman–Crippen MR) is 74.6 cm³/mol. The lowest BCUT2D eigenvalue weighted by atomic mass is 10.0. The number of carbonyl (C=O) groups is 2. The van der Waals surface area contributed by atoms with Crippen LogP contribution in [-0.2, 0) is 22.5 Å². The third-order valence-corrected chi connectivity index (χ3v) is 4.34. The maximum Gasteiger partial charge on any atom is 0.341 e. The first-order valence-corrected chi connectivity index (χ1v) is 7.09. The molecule has 0 fully saturated rings. The van der Waals surface area contributed by atoms with E-state index in [2.05, 4.69) is 10.2 Å². The number of amides is 1. The monoisotopic (exact) mass is 282 g/mol. The van der Waals surface area contributed by atoms with Crippen LogP contribution in [0.1, 0.15) is 34.1 Å². The second-order valence-corrected chi connectivity index (χ2v) is 5.69. The number of thiophene rings is 1. The van der Waals surface area contributed by atoms with Gasteiger partial charge in [-0.2, -0.15) is 0 Å². The molecule has 1 N–H and O–H groups in total. The maximum atomic E-state index is 11.9. The summed E-state index contributed by atoms with van der Waals surface area (Å²) in [7, 11) is 3.41. The molecule has 0 atom stereocenters. The van der Waals surface area contributed by atoms with Crippen LogP contribution in [0.5, 0.6) is 0 Å². The van der Waals surface area contributed by atoms with Crippen molar-refractivity contribution in [3.05, 3.63) is 16.0 Å². The second kappa shape index (κ2) is 5.71. The number of hydrogen-bond acceptors (Lipinski definition) is 5. The number of carbonyl (C=O) groups excluding carboxylic acids is 2. The molecule has 1 amide bonds. The number of rotatable bonds is 3. The first-order chi connectivity index (χ1) is 9.06. The van der Waals surface area contributed by atoms with Crippen molar-refractivity contribution >= 4 is 28.2 Å². The predicted octanol–water partition coefficient (Wildman–Crippen LogP) is 1.87. The Kier molecular flexibility index (Phi) is 4.21. The number of esters is 1. The lowest BCUT2D eigenvalue weighted by Crippen LogP contribution is -2.26. The highest BCUT2D eigenvalue weighted by Gasteiger charge is 2.27. The van der Waals surface area contributed by atoms with Gasteiger partial charge in [0, 0.05) is 24.4 Å². The van der Waals surface area contributed by atoms with Gasteiger partial charge in [0.2, 0.25) is 5.91 Å². The normalized spacial score (nSPS) is 14.9. The smallest absolute Gasteiger partial charge is 0.341 e. The number of nitrogens with zero attached hydrogens (tertiary/aromatic N) is 1. The number of hydrogen-bond donors (Lipinski definition) is 1. The number of methoxy groups -OCH3 is 1. The molecule has 1 aromatic heterocycles. The summed E-state index contributed by atoms with van der Waals surface area (Å²) in [6.45, 7) is 3.51. The molecule has 0 radical (unpaired) electrons. The molecular formula is C13H18N2O3S. The van der Waals surface area contributed by atoms with E-state index in [1.807, 2.05) is 7.05 Å². The SMILES string of the molecule is CCC(=O)Nc1sc2c(c1C(=O)OC)CCN(C)C2. The van der Waals surface area contributed by atoms with E-state index in [0.29, 0.717) is 17.0 Å². The van der Waals surface area contributed by atoms with Crippen molar-refractivity contribution in [2.24, 2.45) is 0 Å². The minimum absolute atomic E-state index is 0.0860. The van der Waals surface area contributed by atoms with Gasteiger partial charge in [-0.25, -0.2) is 4.79 Å². The maximum absolute atomic E-state index is 11.9. The van der Waals surface area contributed by atoms with Gasteiger partial charge in [-0.15, -0.1) is 11.3 Å². The topological polar surface area (TPSA) is 58.6 Å². The highest BCUT2D eigenvalue weighted by molar-refractivity contribution is 7.17. The molecule has 0 saturated heterocycles. The highest BCUT2D eigenvalue weighted by Crippen LogP contribution is 2.37. The summed E-state index contributed by atoms with van der Waals surface area (Å²) < 4.78 is 4.85. The molecule has 0 saturated carbocycles. The van der Waals surface area contributed by atoms with Gasteiger partial charge >= 0.3 is 5.97 Å². The fourth-order valence-electron chi connectivity index (χ4n) is 2.15. The van der Waals surface area contributed by atoms with Crippen LogP contribution in [0.4, 0.5) is 5.00 Å². The molecule has 19 heavy (non-hydrogen) atoms. The lowest BCUT2D eigenvalue weighted by Gasteiger charge is -2.22. The summed E-state index contributed by atoms with van der Waals surface area (Å²) in [6.07, 6.45) is 1.21. The van der Waals surface area contributed by atoms with E-state index >= 15 is 0 Å². The number of fused-ring (bicyclic) bond motifs is 1. The van der Waals surface area contributed by atoms with Crippen LogP contribution < -0.4 is 5.32 Å². The minimum Gasteiger partial charge on any atom is -0.465 e. The lowest BCUT2D eigenvalue weighted by molar-refractivity contribution is -0.115. The quantitative estimate of drug-likeness (QED) is 0.860. The van der Waals surface area contributed by atoms with Gasteiger partial charge in [-0.1, -0.05) is 6.92 Å². The van der Waals surface area contributed by atoms with Crippen LogP contribution in [0.3, 0.4) is 0 Å². The molecule has 0 aromatic carbocycles. The molecule has 0 aliphatic carbocycles. The Bertz CT molecular complexity index is 510. The zero-order chi connectivity index (χ0) is 14.0. The Morgan fingerprint density at radius 1 is 1.47 bits per heavy atom. The zero-order valence-corrected chi connectivity index (χ0v) is 12.2. The highest BCUT2D eigenvalue weighted by atomic mass is 32.1. The van der Waals surface area contributed by atoms with Crippen molar-refractivity contribution in [3.8, 4) is 0 Å². The van der Waals surface area contributed by atoms with Crippen LogP contribution >= 0.6 is 11.3 Å². The molecule has 1 aliphatic rings. The largest absolute Gasteiger partial charge is 0.465 e. The first kappa shape index (κ1) is 14.0. The van der Waals surface area contributed by atoms with Crippen LogP contribution in [0, 0.1) is 0 Å². The van der Waals surface area contributed by atoms with E-state index in [1.165, 1.54) is 18.4 Å². The number of ether oxygens (including phenoxy) is 1. The van der Waals surface area contributed by atoms with Crippen molar-refractivity contribution in [2.45, 2.75) is 26.3 Å². The Morgan fingerprint density at radius 2 is 2.21 bits per heavy atom. The molecule has 2 rings (SSSR count). The Morgan fingerprint density at radius 3 is 2.84 bits per heavy atom. The van der Waals surface area contributed by atoms with Crippen molar-refractivity contribution in [2.75, 3.05) is 26.0 Å². The number of nitrogens with one attached hydrogen (secondary N) is 1. The van der Waals surface area contributed by atoms with E-state index in [4.69, 9.17) is 4.74 Å². The molecule has 0 unspecified atom stereocenters. The van der Waals surface area contributed by atoms with Gasteiger partial charge in [0.25, 0.3) is 0 Å². The Balaban J connectivity index is 2.41. The molecule has 0 spiro atoms. The molecular weight excluding hydrogens is 264 g/mol. The summed E-state index contributed by atoms with van der Waals surface area (Å²) in [6, 6.07) is 0. The number of likely N-dealkylation sites (N-methyl/N-ethyl adjacent to an activating group) is 1. The van der Waals surface area contributed by atoms with Gasteiger partial charge in [0.05, 0.1) is 12.7 Å². The standard InChI is InChI=1S/C13H18N2O3S/c1-4-10(16)14-12-11(13(17)18-3)8-5-6-15(2)7-9(8)19-12/h4-7H2,1-3H3,(H,14,16). The van der Waals surface area contributed by atoms with E-state index in [-0.39, 0.29) is 11.9 Å². The Hall–Kier alpha value is -1.40. The van der Waals surface area contributed by atoms with Crippen molar-refractivity contribution in [3.63, 3.8) is 0 Å². The molecule has 2 heterocycles. The van der Waals surface area contributed by atoms with Crippen LogP contribution in [0.15, 0.2) is 0 Å². The summed E-state index contributed by atoms with van der Waals surface area (Å²) >= 11 is 1.48. The zero-order valence-electron chi connectivity index (χ0n) is 11.4. The second-order valence-electron chi connectivity index (χ2n) is 4.59. The van der Waals surface area contributed by atoms with E-state index in [9.17, 15) is 9.59 Å². The fourth-order valence-corrected chi connectivity index (χ4v) is 3.48. The molecule has 1 aliphatic heterocycles. The molecule has 1 aromatic rings. The van der Waals surface area contributed by atoms with E-state index < -0.39 is 0 Å². The van der Waals surface area contributed by atoms with Gasteiger partial charge in [-0.05, 0) is 19.0 Å². The van der Waals surface area contributed by atoms with Crippen molar-refractivity contribution in [1.82, 2.24) is 4.90 Å². The molecule has 104 valence electrons. The molecule has 6 heteroatoms. The summed E-state index contributed by atoms with van der Waals surface area (Å²) in [5.41, 5.74) is 1.57. The van der Waals surface area contributed by atoms with Gasteiger partial charge in [0.1, 0.15) is 5.00 Å². The average molecular weight is 282 g/mol. The fraction of sp³-hybridized carbons (Fsp3) is 0.538. The third kappa shape index (κ3) is 2.79. The Labute approximate surface area is 116 Å². The van der Waals surface area contributed by atoms with Crippen molar-refractivity contribution in [1.29, 1.82) is 0 Å². The number of anilines is 1. The van der Waals surface area contributed by atoms with Gasteiger partial charge in [-0.3, -0.25) is 4.79 Å². The first-order valence-electron chi connectivity index (χ1n) is 6.28. The van der Waals surface area contributed by atoms with Crippen molar-refractivity contribution < 1.29 is 14.3 Å². The molecule has 5 nitrogen and oxygen atoms in total. The van der Waals surface area contributed by atoms with E-state index in [0.717, 1.165) is 30.0 Å². The minimum atomic E-state index is -0.367. The molecule has 0 bridgehead atoms.